The van der Waals surface area contributed by atoms with E-state index in [2.05, 4.69) is 15.9 Å². The zero-order valence-corrected chi connectivity index (χ0v) is 23.3. The van der Waals surface area contributed by atoms with Gasteiger partial charge in [0, 0.05) is 23.5 Å². The number of carbonyl (C=O) groups is 1. The van der Waals surface area contributed by atoms with Gasteiger partial charge in [0.1, 0.15) is 17.5 Å². The molecule has 0 fully saturated rings. The summed E-state index contributed by atoms with van der Waals surface area (Å²) in [7, 11) is 3.16. The van der Waals surface area contributed by atoms with Crippen molar-refractivity contribution < 1.29 is 14.3 Å². The van der Waals surface area contributed by atoms with Crippen LogP contribution in [0.5, 0.6) is 11.5 Å². The first-order chi connectivity index (χ1) is 16.8. The van der Waals surface area contributed by atoms with E-state index in [0.29, 0.717) is 50.8 Å². The average Bonchev–Trinajstić information content (AvgIpc) is 3.40. The maximum Gasteiger partial charge on any atom is 0.271 e. The molecule has 3 aromatic rings. The molecular formula is C25H26BrN3O4S2. The number of aromatic nitrogens is 1. The lowest BCUT2D eigenvalue weighted by molar-refractivity contribution is -0.127. The third-order valence-corrected chi connectivity index (χ3v) is 8.46. The van der Waals surface area contributed by atoms with Crippen molar-refractivity contribution in [1.82, 2.24) is 9.47 Å². The van der Waals surface area contributed by atoms with Crippen molar-refractivity contribution in [3.05, 3.63) is 75.5 Å². The van der Waals surface area contributed by atoms with Gasteiger partial charge in [-0.05, 0) is 73.1 Å². The molecule has 7 nitrogen and oxygen atoms in total. The lowest BCUT2D eigenvalue weighted by Crippen LogP contribution is -2.43. The van der Waals surface area contributed by atoms with Gasteiger partial charge in [-0.1, -0.05) is 11.3 Å². The van der Waals surface area contributed by atoms with E-state index in [-0.39, 0.29) is 11.5 Å². The van der Waals surface area contributed by atoms with Gasteiger partial charge >= 0.3 is 0 Å². The number of thiophene rings is 1. The van der Waals surface area contributed by atoms with Crippen LogP contribution in [0.4, 0.5) is 0 Å². The Kier molecular flexibility index (Phi) is 7.63. The SMILES string of the molecule is CCN(CC)C(=O)C1=C(C)N=c2s/c(=C/c3ccc(Br)s3)c(=O)n2[C@@H]1c1cc(OC)ccc1OC. The highest BCUT2D eigenvalue weighted by molar-refractivity contribution is 9.11. The molecule has 0 unspecified atom stereocenters. The second-order valence-electron chi connectivity index (χ2n) is 7.81. The third kappa shape index (κ3) is 4.74. The topological polar surface area (TPSA) is 73.1 Å². The first-order valence-electron chi connectivity index (χ1n) is 11.1. The Bertz CT molecular complexity index is 1480. The Hall–Kier alpha value is -2.69. The number of likely N-dealkylation sites (N-methyl/N-ethyl adjacent to an activating group) is 1. The third-order valence-electron chi connectivity index (χ3n) is 5.90. The maximum atomic E-state index is 13.8. The summed E-state index contributed by atoms with van der Waals surface area (Å²) in [6.45, 7) is 6.79. The van der Waals surface area contributed by atoms with Crippen LogP contribution in [0.3, 0.4) is 0 Å². The summed E-state index contributed by atoms with van der Waals surface area (Å²) >= 11 is 6.33. The average molecular weight is 577 g/mol. The molecule has 0 N–H and O–H groups in total. The Morgan fingerprint density at radius 3 is 2.51 bits per heavy atom. The van der Waals surface area contributed by atoms with Crippen molar-refractivity contribution >= 4 is 50.6 Å². The van der Waals surface area contributed by atoms with Crippen molar-refractivity contribution in [1.29, 1.82) is 0 Å². The number of hydrogen-bond donors (Lipinski definition) is 0. The normalized spacial score (nSPS) is 15.6. The molecule has 1 atom stereocenters. The van der Waals surface area contributed by atoms with Crippen LogP contribution in [0.1, 0.15) is 37.3 Å². The summed E-state index contributed by atoms with van der Waals surface area (Å²) in [4.78, 5) is 35.5. The zero-order chi connectivity index (χ0) is 25.3. The zero-order valence-electron chi connectivity index (χ0n) is 20.1. The second kappa shape index (κ2) is 10.5. The number of carbonyl (C=O) groups excluding carboxylic acids is 1. The molecule has 1 aromatic carbocycles. The van der Waals surface area contributed by atoms with E-state index in [1.54, 1.807) is 47.2 Å². The van der Waals surface area contributed by atoms with Crippen LogP contribution in [-0.2, 0) is 4.79 Å². The number of ether oxygens (including phenoxy) is 2. The van der Waals surface area contributed by atoms with Crippen molar-refractivity contribution in [3.63, 3.8) is 0 Å². The lowest BCUT2D eigenvalue weighted by atomic mass is 9.93. The van der Waals surface area contributed by atoms with E-state index in [1.807, 2.05) is 45.0 Å². The molecule has 0 spiro atoms. The molecule has 1 amide bonds. The fourth-order valence-corrected chi connectivity index (χ4v) is 6.64. The number of thiazole rings is 1. The van der Waals surface area contributed by atoms with Gasteiger partial charge in [-0.3, -0.25) is 14.2 Å². The summed E-state index contributed by atoms with van der Waals surface area (Å²) in [5, 5.41) is 0. The first kappa shape index (κ1) is 25.4. The van der Waals surface area contributed by atoms with Crippen LogP contribution in [0.25, 0.3) is 6.08 Å². The van der Waals surface area contributed by atoms with Crippen molar-refractivity contribution in [2.75, 3.05) is 27.3 Å². The Balaban J connectivity index is 2.03. The monoisotopic (exact) mass is 575 g/mol. The maximum absolute atomic E-state index is 13.8. The number of amides is 1. The Morgan fingerprint density at radius 2 is 1.91 bits per heavy atom. The van der Waals surface area contributed by atoms with Gasteiger partial charge < -0.3 is 14.4 Å². The highest BCUT2D eigenvalue weighted by Crippen LogP contribution is 2.38. The summed E-state index contributed by atoms with van der Waals surface area (Å²) in [5.41, 5.74) is 1.51. The molecule has 0 saturated carbocycles. The van der Waals surface area contributed by atoms with Crippen LogP contribution in [0, 0.1) is 0 Å². The van der Waals surface area contributed by atoms with Crippen LogP contribution >= 0.6 is 38.6 Å². The standard InChI is InChI=1S/C25H26BrN3O4S2/c1-6-28(7-2)24(31)21-14(3)27-25-29(22(21)17-12-15(32-4)8-10-18(17)33-5)23(30)19(35-25)13-16-9-11-20(26)34-16/h8-13,22H,6-7H2,1-5H3/b19-13+/t22-/m1/s1. The molecule has 4 rings (SSSR count). The molecule has 3 heterocycles. The minimum Gasteiger partial charge on any atom is -0.497 e. The Labute approximate surface area is 219 Å². The number of benzene rings is 1. The van der Waals surface area contributed by atoms with Gasteiger partial charge in [0.25, 0.3) is 11.5 Å². The first-order valence-corrected chi connectivity index (χ1v) is 13.5. The molecule has 184 valence electrons. The number of halogens is 1. The molecule has 1 aliphatic heterocycles. The van der Waals surface area contributed by atoms with E-state index in [4.69, 9.17) is 14.5 Å². The van der Waals surface area contributed by atoms with Gasteiger partial charge in [0.15, 0.2) is 4.80 Å². The summed E-state index contributed by atoms with van der Waals surface area (Å²) < 4.78 is 14.3. The highest BCUT2D eigenvalue weighted by Gasteiger charge is 2.36. The molecular weight excluding hydrogens is 550 g/mol. The number of fused-ring (bicyclic) bond motifs is 1. The predicted octanol–water partition coefficient (Wildman–Crippen LogP) is 3.94. The van der Waals surface area contributed by atoms with Crippen LogP contribution in [0.2, 0.25) is 0 Å². The smallest absolute Gasteiger partial charge is 0.271 e. The van der Waals surface area contributed by atoms with E-state index in [1.165, 1.54) is 11.3 Å². The Morgan fingerprint density at radius 1 is 1.17 bits per heavy atom. The number of hydrogen-bond acceptors (Lipinski definition) is 7. The van der Waals surface area contributed by atoms with E-state index >= 15 is 0 Å². The van der Waals surface area contributed by atoms with E-state index in [9.17, 15) is 9.59 Å². The highest BCUT2D eigenvalue weighted by atomic mass is 79.9. The molecule has 0 aliphatic carbocycles. The second-order valence-corrected chi connectivity index (χ2v) is 11.3. The van der Waals surface area contributed by atoms with Gasteiger partial charge in [-0.15, -0.1) is 11.3 Å². The number of methoxy groups -OCH3 is 2. The van der Waals surface area contributed by atoms with Gasteiger partial charge in [-0.2, -0.15) is 0 Å². The van der Waals surface area contributed by atoms with Crippen LogP contribution in [-0.4, -0.2) is 42.7 Å². The summed E-state index contributed by atoms with van der Waals surface area (Å²) in [6, 6.07) is 8.61. The molecule has 10 heteroatoms. The molecule has 2 aromatic heterocycles. The van der Waals surface area contributed by atoms with Crippen molar-refractivity contribution in [2.24, 2.45) is 4.99 Å². The minimum atomic E-state index is -0.707. The number of rotatable bonds is 7. The molecule has 1 aliphatic rings. The van der Waals surface area contributed by atoms with Crippen molar-refractivity contribution in [2.45, 2.75) is 26.8 Å². The summed E-state index contributed by atoms with van der Waals surface area (Å²) in [5.74, 6) is 1.02. The molecule has 0 radical (unpaired) electrons. The van der Waals surface area contributed by atoms with Gasteiger partial charge in [0.05, 0.1) is 33.8 Å². The van der Waals surface area contributed by atoms with Crippen molar-refractivity contribution in [3.8, 4) is 11.5 Å². The molecule has 0 saturated heterocycles. The van der Waals surface area contributed by atoms with Gasteiger partial charge in [-0.25, -0.2) is 4.99 Å². The summed E-state index contributed by atoms with van der Waals surface area (Å²) in [6.07, 6.45) is 1.87. The minimum absolute atomic E-state index is 0.150. The van der Waals surface area contributed by atoms with E-state index in [0.717, 1.165) is 8.66 Å². The van der Waals surface area contributed by atoms with Crippen LogP contribution < -0.4 is 24.4 Å². The molecule has 35 heavy (non-hydrogen) atoms. The predicted molar refractivity (Wildman–Crippen MR) is 143 cm³/mol. The number of allylic oxidation sites excluding steroid dienone is 1. The lowest BCUT2D eigenvalue weighted by Gasteiger charge is -2.30. The fraction of sp³-hybridized carbons (Fsp3) is 0.320. The molecule has 0 bridgehead atoms. The van der Waals surface area contributed by atoms with Crippen LogP contribution in [0.15, 0.2) is 55.2 Å². The largest absolute Gasteiger partial charge is 0.497 e. The quantitative estimate of drug-likeness (QED) is 0.427. The van der Waals surface area contributed by atoms with E-state index < -0.39 is 6.04 Å². The number of nitrogens with zero attached hydrogens (tertiary/aromatic N) is 3. The van der Waals surface area contributed by atoms with Gasteiger partial charge in [0.2, 0.25) is 0 Å². The fourth-order valence-electron chi connectivity index (χ4n) is 4.16.